The molecule has 108 valence electrons. The molecule has 1 aromatic rings. The maximum absolute atomic E-state index is 12.3. The Bertz CT molecular complexity index is 509. The van der Waals surface area contributed by atoms with E-state index < -0.39 is 10.0 Å². The normalized spacial score (nSPS) is 16.2. The first-order valence-electron chi connectivity index (χ1n) is 6.36. The molecular weight excluding hydrogens is 284 g/mol. The molecule has 0 amide bonds. The number of ether oxygens (including phenoxy) is 1. The number of likely N-dealkylation sites (N-methyl/N-ethyl adjacent to an activating group) is 1. The van der Waals surface area contributed by atoms with Crippen molar-refractivity contribution >= 4 is 21.4 Å². The van der Waals surface area contributed by atoms with Crippen LogP contribution < -0.4 is 5.73 Å². The Morgan fingerprint density at radius 3 is 2.89 bits per heavy atom. The van der Waals surface area contributed by atoms with Gasteiger partial charge in [0.2, 0.25) is 10.0 Å². The van der Waals surface area contributed by atoms with Gasteiger partial charge < -0.3 is 10.5 Å². The molecule has 19 heavy (non-hydrogen) atoms. The van der Waals surface area contributed by atoms with Crippen LogP contribution in [0.1, 0.15) is 17.7 Å². The van der Waals surface area contributed by atoms with Gasteiger partial charge in [0.1, 0.15) is 0 Å². The zero-order valence-electron chi connectivity index (χ0n) is 11.0. The minimum Gasteiger partial charge on any atom is -0.380 e. The molecule has 0 saturated heterocycles. The van der Waals surface area contributed by atoms with Crippen molar-refractivity contribution in [3.8, 4) is 0 Å². The van der Waals surface area contributed by atoms with Crippen LogP contribution in [0.25, 0.3) is 0 Å². The van der Waals surface area contributed by atoms with Crippen molar-refractivity contribution in [1.29, 1.82) is 0 Å². The quantitative estimate of drug-likeness (QED) is 0.734. The summed E-state index contributed by atoms with van der Waals surface area (Å²) in [6.07, 6.45) is 2.48. The highest BCUT2D eigenvalue weighted by molar-refractivity contribution is 7.89. The number of hydrogen-bond donors (Lipinski definition) is 1. The standard InChI is InChI=1S/C12H20N2O3S2/c1-14(5-6-17-9-10-2-3-10)19(15,16)12-4-7-18-11(12)8-13/h4,7,10H,2-3,5-6,8-9,13H2,1H3. The Morgan fingerprint density at radius 1 is 1.53 bits per heavy atom. The molecule has 2 rings (SSSR count). The predicted molar refractivity (Wildman–Crippen MR) is 75.6 cm³/mol. The van der Waals surface area contributed by atoms with Crippen molar-refractivity contribution in [3.05, 3.63) is 16.3 Å². The summed E-state index contributed by atoms with van der Waals surface area (Å²) in [5, 5.41) is 1.76. The number of thiophene rings is 1. The highest BCUT2D eigenvalue weighted by atomic mass is 32.2. The predicted octanol–water partition coefficient (Wildman–Crippen LogP) is 1.25. The monoisotopic (exact) mass is 304 g/mol. The van der Waals surface area contributed by atoms with Gasteiger partial charge in [0.25, 0.3) is 0 Å². The van der Waals surface area contributed by atoms with Crippen LogP contribution in [0.2, 0.25) is 0 Å². The molecular formula is C12H20N2O3S2. The van der Waals surface area contributed by atoms with Crippen molar-refractivity contribution < 1.29 is 13.2 Å². The van der Waals surface area contributed by atoms with E-state index in [1.165, 1.54) is 28.5 Å². The highest BCUT2D eigenvalue weighted by Gasteiger charge is 2.25. The van der Waals surface area contributed by atoms with E-state index in [2.05, 4.69) is 0 Å². The van der Waals surface area contributed by atoms with Crippen molar-refractivity contribution in [2.24, 2.45) is 11.7 Å². The molecule has 1 fully saturated rings. The molecule has 1 aliphatic carbocycles. The first kappa shape index (κ1) is 14.9. The van der Waals surface area contributed by atoms with Crippen molar-refractivity contribution in [1.82, 2.24) is 4.31 Å². The zero-order chi connectivity index (χ0) is 13.9. The van der Waals surface area contributed by atoms with E-state index >= 15 is 0 Å². The number of nitrogens with zero attached hydrogens (tertiary/aromatic N) is 1. The third kappa shape index (κ3) is 3.76. The van der Waals surface area contributed by atoms with E-state index in [0.29, 0.717) is 28.8 Å². The lowest BCUT2D eigenvalue weighted by molar-refractivity contribution is 0.117. The summed E-state index contributed by atoms with van der Waals surface area (Å²) in [5.74, 6) is 0.697. The summed E-state index contributed by atoms with van der Waals surface area (Å²) in [6, 6.07) is 1.61. The average Bonchev–Trinajstić information content (AvgIpc) is 3.07. The van der Waals surface area contributed by atoms with Gasteiger partial charge in [0.05, 0.1) is 11.5 Å². The molecule has 2 N–H and O–H groups in total. The SMILES string of the molecule is CN(CCOCC1CC1)S(=O)(=O)c1ccsc1CN. The van der Waals surface area contributed by atoms with Crippen molar-refractivity contribution in [2.45, 2.75) is 24.3 Å². The van der Waals surface area contributed by atoms with Crippen LogP contribution in [-0.2, 0) is 21.3 Å². The Hall–Kier alpha value is -0.470. The van der Waals surface area contributed by atoms with E-state index in [-0.39, 0.29) is 6.54 Å². The van der Waals surface area contributed by atoms with Crippen LogP contribution in [0, 0.1) is 5.92 Å². The molecule has 1 heterocycles. The Labute approximate surface area is 118 Å². The van der Waals surface area contributed by atoms with Gasteiger partial charge >= 0.3 is 0 Å². The molecule has 0 unspecified atom stereocenters. The van der Waals surface area contributed by atoms with Crippen LogP contribution in [0.15, 0.2) is 16.3 Å². The average molecular weight is 304 g/mol. The van der Waals surface area contributed by atoms with Gasteiger partial charge in [-0.3, -0.25) is 0 Å². The van der Waals surface area contributed by atoms with E-state index in [1.807, 2.05) is 0 Å². The number of sulfonamides is 1. The van der Waals surface area contributed by atoms with Gasteiger partial charge in [-0.05, 0) is 30.2 Å². The second-order valence-electron chi connectivity index (χ2n) is 4.76. The van der Waals surface area contributed by atoms with Gasteiger partial charge in [-0.1, -0.05) is 0 Å². The molecule has 5 nitrogen and oxygen atoms in total. The molecule has 0 atom stereocenters. The lowest BCUT2D eigenvalue weighted by Crippen LogP contribution is -2.31. The van der Waals surface area contributed by atoms with Crippen LogP contribution in [0.3, 0.4) is 0 Å². The molecule has 1 aliphatic rings. The molecule has 1 aromatic heterocycles. The topological polar surface area (TPSA) is 72.6 Å². The lowest BCUT2D eigenvalue weighted by atomic mass is 10.5. The van der Waals surface area contributed by atoms with E-state index in [4.69, 9.17) is 10.5 Å². The van der Waals surface area contributed by atoms with Gasteiger partial charge in [-0.15, -0.1) is 11.3 Å². The van der Waals surface area contributed by atoms with Crippen molar-refractivity contribution in [2.75, 3.05) is 26.8 Å². The minimum absolute atomic E-state index is 0.248. The first-order valence-corrected chi connectivity index (χ1v) is 8.68. The summed E-state index contributed by atoms with van der Waals surface area (Å²) < 4.78 is 31.5. The van der Waals surface area contributed by atoms with E-state index in [9.17, 15) is 8.42 Å². The summed E-state index contributed by atoms with van der Waals surface area (Å²) in [6.45, 7) is 1.81. The highest BCUT2D eigenvalue weighted by Crippen LogP contribution is 2.28. The molecule has 7 heteroatoms. The number of nitrogens with two attached hydrogens (primary N) is 1. The molecule has 0 bridgehead atoms. The zero-order valence-corrected chi connectivity index (χ0v) is 12.7. The maximum atomic E-state index is 12.3. The fourth-order valence-corrected chi connectivity index (χ4v) is 4.18. The Morgan fingerprint density at radius 2 is 2.26 bits per heavy atom. The largest absolute Gasteiger partial charge is 0.380 e. The van der Waals surface area contributed by atoms with E-state index in [1.54, 1.807) is 18.5 Å². The van der Waals surface area contributed by atoms with Gasteiger partial charge in [-0.2, -0.15) is 4.31 Å². The Balaban J connectivity index is 1.90. The van der Waals surface area contributed by atoms with Gasteiger partial charge in [0, 0.05) is 31.6 Å². The lowest BCUT2D eigenvalue weighted by Gasteiger charge is -2.17. The third-order valence-electron chi connectivity index (χ3n) is 3.18. The van der Waals surface area contributed by atoms with Crippen LogP contribution in [0.5, 0.6) is 0 Å². The molecule has 0 aliphatic heterocycles. The number of hydrogen-bond acceptors (Lipinski definition) is 5. The minimum atomic E-state index is -3.44. The van der Waals surface area contributed by atoms with Gasteiger partial charge in [-0.25, -0.2) is 8.42 Å². The van der Waals surface area contributed by atoms with Crippen LogP contribution >= 0.6 is 11.3 Å². The molecule has 0 spiro atoms. The van der Waals surface area contributed by atoms with E-state index in [0.717, 1.165) is 6.61 Å². The molecule has 1 saturated carbocycles. The van der Waals surface area contributed by atoms with Gasteiger partial charge in [0.15, 0.2) is 0 Å². The fourth-order valence-electron chi connectivity index (χ4n) is 1.72. The number of rotatable bonds is 8. The molecule has 0 radical (unpaired) electrons. The summed E-state index contributed by atoms with van der Waals surface area (Å²) in [4.78, 5) is 1.02. The second-order valence-corrected chi connectivity index (χ2v) is 7.77. The smallest absolute Gasteiger partial charge is 0.244 e. The maximum Gasteiger partial charge on any atom is 0.244 e. The van der Waals surface area contributed by atoms with Crippen LogP contribution in [0.4, 0.5) is 0 Å². The fraction of sp³-hybridized carbons (Fsp3) is 0.667. The summed E-state index contributed by atoms with van der Waals surface area (Å²) in [5.41, 5.74) is 5.56. The van der Waals surface area contributed by atoms with Crippen LogP contribution in [-0.4, -0.2) is 39.5 Å². The first-order chi connectivity index (χ1) is 9.05. The van der Waals surface area contributed by atoms with Crippen molar-refractivity contribution in [3.63, 3.8) is 0 Å². The molecule has 0 aromatic carbocycles. The summed E-state index contributed by atoms with van der Waals surface area (Å²) in [7, 11) is -1.86. The second kappa shape index (κ2) is 6.32. The Kier molecular flexibility index (Phi) is 4.97. The summed E-state index contributed by atoms with van der Waals surface area (Å²) >= 11 is 1.37. The third-order valence-corrected chi connectivity index (χ3v) is 6.19.